The minimum Gasteiger partial charge on any atom is -0.529 e. The Bertz CT molecular complexity index is 245. The van der Waals surface area contributed by atoms with E-state index >= 15 is 0 Å². The molecule has 14 heteroatoms. The fourth-order valence-electron chi connectivity index (χ4n) is 1.79. The van der Waals surface area contributed by atoms with Crippen LogP contribution >= 0.6 is 0 Å². The molecular weight excluding hydrogens is 393 g/mol. The molecular formula is C6H30O6Si8. The SMILES string of the molecule is CO[SiH]=O.C[SiH](C)O[Si]([SiH3])(O[SiH3])[SiH](OCO[SiH3])[SiH](C)C. The molecule has 0 aliphatic heterocycles. The molecule has 2 atom stereocenters. The Labute approximate surface area is 139 Å². The van der Waals surface area contributed by atoms with Gasteiger partial charge in [0.15, 0.2) is 9.04 Å². The molecule has 0 aromatic carbocycles. The smallest absolute Gasteiger partial charge is 0.487 e. The molecule has 0 aliphatic carbocycles. The van der Waals surface area contributed by atoms with E-state index in [1.165, 1.54) is 7.11 Å². The predicted octanol–water partition coefficient (Wildman–Crippen LogP) is -4.44. The van der Waals surface area contributed by atoms with Crippen LogP contribution in [0.25, 0.3) is 0 Å². The molecule has 0 N–H and O–H groups in total. The topological polar surface area (TPSA) is 63.2 Å². The van der Waals surface area contributed by atoms with Crippen molar-refractivity contribution in [3.05, 3.63) is 0 Å². The van der Waals surface area contributed by atoms with E-state index < -0.39 is 42.7 Å². The monoisotopic (exact) mass is 422 g/mol. The molecule has 0 heterocycles. The minimum atomic E-state index is -1.84. The average Bonchev–Trinajstić information content (AvgIpc) is 2.38. The van der Waals surface area contributed by atoms with Crippen molar-refractivity contribution in [1.82, 2.24) is 0 Å². The summed E-state index contributed by atoms with van der Waals surface area (Å²) in [6.07, 6.45) is 0. The van der Waals surface area contributed by atoms with Crippen LogP contribution in [0.15, 0.2) is 0 Å². The van der Waals surface area contributed by atoms with Gasteiger partial charge in [-0.15, -0.1) is 0 Å². The first-order chi connectivity index (χ1) is 9.28. The molecule has 20 heavy (non-hydrogen) atoms. The second-order valence-corrected chi connectivity index (χ2v) is 36.9. The zero-order valence-electron chi connectivity index (χ0n) is 14.0. The van der Waals surface area contributed by atoms with E-state index in [0.717, 1.165) is 30.7 Å². The third-order valence-electron chi connectivity index (χ3n) is 2.46. The molecule has 0 aliphatic rings. The van der Waals surface area contributed by atoms with Gasteiger partial charge in [-0.3, -0.25) is 0 Å². The van der Waals surface area contributed by atoms with Gasteiger partial charge < -0.3 is 26.0 Å². The van der Waals surface area contributed by atoms with Gasteiger partial charge in [-0.05, 0) is 13.1 Å². The molecule has 0 bridgehead atoms. The summed E-state index contributed by atoms with van der Waals surface area (Å²) >= 11 is 0. The Hall–Kier alpha value is 1.18. The van der Waals surface area contributed by atoms with E-state index in [9.17, 15) is 0 Å². The largest absolute Gasteiger partial charge is 0.529 e. The maximum atomic E-state index is 9.16. The van der Waals surface area contributed by atoms with Crippen LogP contribution in [0.5, 0.6) is 0 Å². The highest BCUT2D eigenvalue weighted by atomic mass is 29.8. The first-order valence-electron chi connectivity index (χ1n) is 6.58. The summed E-state index contributed by atoms with van der Waals surface area (Å²) in [5.74, 6) is 0. The second kappa shape index (κ2) is 13.8. The van der Waals surface area contributed by atoms with Crippen LogP contribution in [0.4, 0.5) is 0 Å². The lowest BCUT2D eigenvalue weighted by Gasteiger charge is -2.36. The van der Waals surface area contributed by atoms with Crippen molar-refractivity contribution >= 4 is 73.4 Å². The van der Waals surface area contributed by atoms with Gasteiger partial charge in [-0.2, -0.15) is 0 Å². The predicted molar refractivity (Wildman–Crippen MR) is 105 cm³/mol. The molecule has 2 unspecified atom stereocenters. The standard InChI is InChI=1S/C5H26O4Si7.CH4O2Si/c1-13(2)9-16(12,8-11)15(14(3)4)7-5-6-10;1-3-4-2/h13-15H,5H2,1-4,10-12H3;4H,1H3. The Morgan fingerprint density at radius 1 is 1.20 bits per heavy atom. The van der Waals surface area contributed by atoms with Crippen LogP contribution in [0.2, 0.25) is 26.2 Å². The Kier molecular flexibility index (Phi) is 16.2. The van der Waals surface area contributed by atoms with Gasteiger partial charge in [-0.25, -0.2) is 0 Å². The molecule has 0 saturated carbocycles. The lowest BCUT2D eigenvalue weighted by Crippen LogP contribution is -2.66. The Morgan fingerprint density at radius 2 is 1.70 bits per heavy atom. The van der Waals surface area contributed by atoms with Crippen LogP contribution in [0.1, 0.15) is 0 Å². The van der Waals surface area contributed by atoms with E-state index in [4.69, 9.17) is 21.5 Å². The first kappa shape index (κ1) is 23.4. The fraction of sp³-hybridized carbons (Fsp3) is 1.00. The molecule has 0 fully saturated rings. The number of hydrogen-bond acceptors (Lipinski definition) is 6. The van der Waals surface area contributed by atoms with Gasteiger partial charge in [0.25, 0.3) is 7.60 Å². The maximum absolute atomic E-state index is 9.16. The summed E-state index contributed by atoms with van der Waals surface area (Å²) in [5.41, 5.74) is 0. The highest BCUT2D eigenvalue weighted by Gasteiger charge is 2.44. The van der Waals surface area contributed by atoms with E-state index in [1.807, 2.05) is 0 Å². The van der Waals surface area contributed by atoms with E-state index in [-0.39, 0.29) is 0 Å². The van der Waals surface area contributed by atoms with Crippen LogP contribution in [-0.2, 0) is 26.0 Å². The molecule has 0 spiro atoms. The highest BCUT2D eigenvalue weighted by Crippen LogP contribution is 2.12. The quantitative estimate of drug-likeness (QED) is 0.276. The zero-order valence-corrected chi connectivity index (χ0v) is 25.6. The van der Waals surface area contributed by atoms with Crippen LogP contribution < -0.4 is 0 Å². The molecule has 0 saturated heterocycles. The second-order valence-electron chi connectivity index (χ2n) is 4.96. The van der Waals surface area contributed by atoms with Gasteiger partial charge in [0, 0.05) is 0 Å². The zero-order chi connectivity index (χ0) is 16.2. The van der Waals surface area contributed by atoms with Gasteiger partial charge in [-0.1, -0.05) is 13.1 Å². The normalized spacial score (nSPS) is 15.8. The summed E-state index contributed by atoms with van der Waals surface area (Å²) < 4.78 is 36.7. The highest BCUT2D eigenvalue weighted by molar-refractivity contribution is 7.62. The summed E-state index contributed by atoms with van der Waals surface area (Å²) in [4.78, 5) is 0. The molecule has 0 aromatic rings. The summed E-state index contributed by atoms with van der Waals surface area (Å²) in [6.45, 7) is 9.69. The van der Waals surface area contributed by atoms with Crippen molar-refractivity contribution < 1.29 is 26.0 Å². The minimum absolute atomic E-state index is 0.485. The van der Waals surface area contributed by atoms with Crippen LogP contribution in [0.3, 0.4) is 0 Å². The van der Waals surface area contributed by atoms with Gasteiger partial charge in [0.2, 0.25) is 8.08 Å². The lowest BCUT2D eigenvalue weighted by atomic mass is 11.6. The van der Waals surface area contributed by atoms with Crippen molar-refractivity contribution in [2.24, 2.45) is 0 Å². The molecule has 122 valence electrons. The number of rotatable bonds is 9. The van der Waals surface area contributed by atoms with Crippen LogP contribution in [0, 0.1) is 0 Å². The third kappa shape index (κ3) is 10.8. The molecule has 0 amide bonds. The summed E-state index contributed by atoms with van der Waals surface area (Å²) in [6, 6.07) is 0. The summed E-state index contributed by atoms with van der Waals surface area (Å²) in [5, 5.41) is 0. The van der Waals surface area contributed by atoms with Crippen molar-refractivity contribution in [3.8, 4) is 0 Å². The Balaban J connectivity index is 0. The van der Waals surface area contributed by atoms with E-state index in [0.29, 0.717) is 6.79 Å². The van der Waals surface area contributed by atoms with E-state index in [2.05, 4.69) is 30.6 Å². The maximum Gasteiger partial charge on any atom is 0.487 e. The van der Waals surface area contributed by atoms with Gasteiger partial charge in [0.05, 0.1) is 25.2 Å². The van der Waals surface area contributed by atoms with E-state index in [1.54, 1.807) is 0 Å². The first-order valence-corrected chi connectivity index (χ1v) is 24.5. The molecule has 0 aromatic heterocycles. The van der Waals surface area contributed by atoms with Crippen molar-refractivity contribution in [2.75, 3.05) is 13.9 Å². The lowest BCUT2D eigenvalue weighted by molar-refractivity contribution is 0.134. The molecule has 0 radical (unpaired) electrons. The van der Waals surface area contributed by atoms with Crippen molar-refractivity contribution in [1.29, 1.82) is 0 Å². The molecule has 6 nitrogen and oxygen atoms in total. The van der Waals surface area contributed by atoms with Gasteiger partial charge >= 0.3 is 9.65 Å². The van der Waals surface area contributed by atoms with Crippen LogP contribution in [-0.4, -0.2) is 87.3 Å². The Morgan fingerprint density at radius 3 is 1.95 bits per heavy atom. The number of hydrogen-bond donors (Lipinski definition) is 0. The third-order valence-corrected chi connectivity index (χ3v) is 52.2. The fourth-order valence-corrected chi connectivity index (χ4v) is 63.2. The summed E-state index contributed by atoms with van der Waals surface area (Å²) in [7, 11) is -1.83. The van der Waals surface area contributed by atoms with Crippen molar-refractivity contribution in [2.45, 2.75) is 26.2 Å². The molecule has 0 rings (SSSR count). The average molecular weight is 423 g/mol. The van der Waals surface area contributed by atoms with Gasteiger partial charge in [0.1, 0.15) is 27.8 Å². The van der Waals surface area contributed by atoms with Crippen molar-refractivity contribution in [3.63, 3.8) is 0 Å².